The molecule has 7 nitrogen and oxygen atoms in total. The van der Waals surface area contributed by atoms with Crippen molar-refractivity contribution in [3.63, 3.8) is 0 Å². The molecular formula is C19H17N5O2. The van der Waals surface area contributed by atoms with Crippen molar-refractivity contribution in [1.82, 2.24) is 19.9 Å². The van der Waals surface area contributed by atoms with Gasteiger partial charge in [0, 0.05) is 24.9 Å². The van der Waals surface area contributed by atoms with Crippen molar-refractivity contribution < 1.29 is 9.32 Å². The average molecular weight is 347 g/mol. The summed E-state index contributed by atoms with van der Waals surface area (Å²) in [6, 6.07) is 11.4. The Balaban J connectivity index is 1.82. The number of nitrogens with zero attached hydrogens (tertiary/aromatic N) is 4. The lowest BCUT2D eigenvalue weighted by atomic mass is 10.0. The Bertz CT molecular complexity index is 1110. The molecule has 130 valence electrons. The fourth-order valence-electron chi connectivity index (χ4n) is 2.81. The predicted octanol–water partition coefficient (Wildman–Crippen LogP) is 3.49. The lowest BCUT2D eigenvalue weighted by Gasteiger charge is -2.07. The molecule has 4 aromatic rings. The second-order valence-corrected chi connectivity index (χ2v) is 6.20. The number of carbonyl (C=O) groups excluding carboxylic acids is 1. The molecule has 0 saturated carbocycles. The van der Waals surface area contributed by atoms with Gasteiger partial charge in [-0.15, -0.1) is 0 Å². The summed E-state index contributed by atoms with van der Waals surface area (Å²) < 4.78 is 6.94. The van der Waals surface area contributed by atoms with Crippen LogP contribution in [0.4, 0.5) is 5.82 Å². The number of nitrogens with one attached hydrogen (secondary N) is 1. The number of hydrogen-bond acceptors (Lipinski definition) is 5. The Morgan fingerprint density at radius 2 is 1.92 bits per heavy atom. The van der Waals surface area contributed by atoms with Gasteiger partial charge in [-0.25, -0.2) is 4.98 Å². The van der Waals surface area contributed by atoms with Crippen LogP contribution in [0.1, 0.15) is 21.6 Å². The molecule has 1 amide bonds. The van der Waals surface area contributed by atoms with Crippen LogP contribution in [0.25, 0.3) is 22.4 Å². The van der Waals surface area contributed by atoms with Gasteiger partial charge in [0.2, 0.25) is 0 Å². The molecule has 7 heteroatoms. The van der Waals surface area contributed by atoms with Gasteiger partial charge in [0.25, 0.3) is 11.6 Å². The van der Waals surface area contributed by atoms with E-state index in [4.69, 9.17) is 4.52 Å². The molecule has 4 rings (SSSR count). The summed E-state index contributed by atoms with van der Waals surface area (Å²) in [5.41, 5.74) is 4.12. The van der Waals surface area contributed by atoms with Crippen LogP contribution in [0.15, 0.2) is 47.1 Å². The Hall–Kier alpha value is -3.48. The minimum Gasteiger partial charge on any atom is -0.335 e. The summed E-state index contributed by atoms with van der Waals surface area (Å²) in [7, 11) is 1.79. The number of rotatable bonds is 3. The number of aryl methyl sites for hydroxylation is 3. The Kier molecular flexibility index (Phi) is 3.76. The zero-order chi connectivity index (χ0) is 18.3. The van der Waals surface area contributed by atoms with E-state index in [1.807, 2.05) is 31.2 Å². The zero-order valence-electron chi connectivity index (χ0n) is 14.6. The van der Waals surface area contributed by atoms with Gasteiger partial charge >= 0.3 is 0 Å². The first-order chi connectivity index (χ1) is 12.5. The third-order valence-electron chi connectivity index (χ3n) is 4.16. The normalized spacial score (nSPS) is 11.0. The van der Waals surface area contributed by atoms with E-state index >= 15 is 0 Å². The van der Waals surface area contributed by atoms with Crippen LogP contribution < -0.4 is 5.32 Å². The van der Waals surface area contributed by atoms with Gasteiger partial charge in [0.1, 0.15) is 0 Å². The van der Waals surface area contributed by atoms with Crippen LogP contribution in [-0.4, -0.2) is 25.8 Å². The Morgan fingerprint density at radius 1 is 1.15 bits per heavy atom. The smallest absolute Gasteiger partial charge is 0.259 e. The third kappa shape index (κ3) is 2.83. The van der Waals surface area contributed by atoms with E-state index in [0.717, 1.165) is 11.1 Å². The van der Waals surface area contributed by atoms with Gasteiger partial charge in [-0.1, -0.05) is 35.0 Å². The first-order valence-corrected chi connectivity index (χ1v) is 8.16. The molecule has 0 saturated heterocycles. The third-order valence-corrected chi connectivity index (χ3v) is 4.16. The lowest BCUT2D eigenvalue weighted by molar-refractivity contribution is 0.102. The first kappa shape index (κ1) is 16.0. The van der Waals surface area contributed by atoms with Gasteiger partial charge in [-0.3, -0.25) is 9.48 Å². The first-order valence-electron chi connectivity index (χ1n) is 8.16. The number of fused-ring (bicyclic) bond motifs is 1. The quantitative estimate of drug-likeness (QED) is 0.613. The molecule has 1 aromatic carbocycles. The molecule has 0 spiro atoms. The van der Waals surface area contributed by atoms with E-state index in [1.54, 1.807) is 37.0 Å². The number of pyridine rings is 1. The number of anilines is 1. The standard InChI is InChI=1S/C19H17N5O2/c1-11-4-6-13(7-5-11)15-10-14(17-12(2)23-26-19(17)20-15)18(25)21-16-8-9-24(3)22-16/h4-10H,1-3H3,(H,21,22,25). The van der Waals surface area contributed by atoms with Gasteiger partial charge < -0.3 is 9.84 Å². The van der Waals surface area contributed by atoms with E-state index in [2.05, 4.69) is 20.6 Å². The van der Waals surface area contributed by atoms with Gasteiger partial charge in [-0.05, 0) is 19.9 Å². The molecule has 0 aliphatic heterocycles. The highest BCUT2D eigenvalue weighted by Crippen LogP contribution is 2.27. The van der Waals surface area contributed by atoms with Crippen LogP contribution in [0, 0.1) is 13.8 Å². The topological polar surface area (TPSA) is 85.8 Å². The summed E-state index contributed by atoms with van der Waals surface area (Å²) in [4.78, 5) is 17.4. The van der Waals surface area contributed by atoms with E-state index in [-0.39, 0.29) is 5.91 Å². The number of carbonyl (C=O) groups is 1. The fraction of sp³-hybridized carbons (Fsp3) is 0.158. The SMILES string of the molecule is Cc1ccc(-c2cc(C(=O)Nc3ccn(C)n3)c3c(C)noc3n2)cc1. The highest BCUT2D eigenvalue weighted by atomic mass is 16.5. The summed E-state index contributed by atoms with van der Waals surface area (Å²) in [6.07, 6.45) is 1.76. The molecule has 0 atom stereocenters. The van der Waals surface area contributed by atoms with Crippen molar-refractivity contribution in [1.29, 1.82) is 0 Å². The van der Waals surface area contributed by atoms with Crippen LogP contribution in [0.2, 0.25) is 0 Å². The maximum Gasteiger partial charge on any atom is 0.259 e. The van der Waals surface area contributed by atoms with Crippen LogP contribution in [-0.2, 0) is 7.05 Å². The minimum atomic E-state index is -0.282. The molecule has 26 heavy (non-hydrogen) atoms. The predicted molar refractivity (Wildman–Crippen MR) is 97.9 cm³/mol. The molecule has 1 N–H and O–H groups in total. The molecule has 3 heterocycles. The number of aromatic nitrogens is 4. The maximum absolute atomic E-state index is 12.9. The van der Waals surface area contributed by atoms with Crippen molar-refractivity contribution in [3.8, 4) is 11.3 Å². The molecule has 0 aliphatic carbocycles. The van der Waals surface area contributed by atoms with Gasteiger partial charge in [0.05, 0.1) is 22.3 Å². The van der Waals surface area contributed by atoms with Crippen molar-refractivity contribution in [2.24, 2.45) is 7.05 Å². The second-order valence-electron chi connectivity index (χ2n) is 6.20. The highest BCUT2D eigenvalue weighted by Gasteiger charge is 2.20. The molecule has 0 aliphatic rings. The number of benzene rings is 1. The van der Waals surface area contributed by atoms with Crippen molar-refractivity contribution in [2.45, 2.75) is 13.8 Å². The molecule has 0 radical (unpaired) electrons. The van der Waals surface area contributed by atoms with E-state index in [0.29, 0.717) is 33.9 Å². The molecule has 0 bridgehead atoms. The lowest BCUT2D eigenvalue weighted by Crippen LogP contribution is -2.13. The fourth-order valence-corrected chi connectivity index (χ4v) is 2.81. The van der Waals surface area contributed by atoms with Crippen LogP contribution in [0.5, 0.6) is 0 Å². The number of amides is 1. The van der Waals surface area contributed by atoms with E-state index in [1.165, 1.54) is 0 Å². The molecule has 0 unspecified atom stereocenters. The second kappa shape index (κ2) is 6.11. The van der Waals surface area contributed by atoms with Crippen LogP contribution >= 0.6 is 0 Å². The molecule has 3 aromatic heterocycles. The van der Waals surface area contributed by atoms with E-state index in [9.17, 15) is 4.79 Å². The van der Waals surface area contributed by atoms with Crippen molar-refractivity contribution in [3.05, 3.63) is 59.4 Å². The molecular weight excluding hydrogens is 330 g/mol. The number of hydrogen-bond donors (Lipinski definition) is 1. The zero-order valence-corrected chi connectivity index (χ0v) is 14.6. The Morgan fingerprint density at radius 3 is 2.62 bits per heavy atom. The summed E-state index contributed by atoms with van der Waals surface area (Å²) >= 11 is 0. The van der Waals surface area contributed by atoms with Crippen LogP contribution in [0.3, 0.4) is 0 Å². The van der Waals surface area contributed by atoms with Gasteiger partial charge in [-0.2, -0.15) is 5.10 Å². The van der Waals surface area contributed by atoms with E-state index < -0.39 is 0 Å². The minimum absolute atomic E-state index is 0.282. The summed E-state index contributed by atoms with van der Waals surface area (Å²) in [6.45, 7) is 3.81. The van der Waals surface area contributed by atoms with Crippen molar-refractivity contribution >= 4 is 22.8 Å². The maximum atomic E-state index is 12.9. The Labute approximate surface area is 149 Å². The summed E-state index contributed by atoms with van der Waals surface area (Å²) in [5, 5.41) is 11.6. The van der Waals surface area contributed by atoms with Crippen molar-refractivity contribution in [2.75, 3.05) is 5.32 Å². The highest BCUT2D eigenvalue weighted by molar-refractivity contribution is 6.12. The summed E-state index contributed by atoms with van der Waals surface area (Å²) in [5.74, 6) is 0.198. The monoisotopic (exact) mass is 347 g/mol. The molecule has 0 fully saturated rings. The largest absolute Gasteiger partial charge is 0.335 e. The van der Waals surface area contributed by atoms with Gasteiger partial charge in [0.15, 0.2) is 5.82 Å². The average Bonchev–Trinajstić information content (AvgIpc) is 3.20.